The molecular weight excluding hydrogens is 682 g/mol. The van der Waals surface area contributed by atoms with Crippen molar-refractivity contribution in [3.63, 3.8) is 0 Å². The summed E-state index contributed by atoms with van der Waals surface area (Å²) in [5, 5.41) is 72.0. The van der Waals surface area contributed by atoms with E-state index < -0.39 is 80.7 Å². The molecule has 0 aromatic carbocycles. The standard InChI is InChI=1S/C37H57NO14/c1-9-20(4)33(21(5)15-19(3)12-10-11-18(2)13-14-23-22(6)26(40)34(47-7)35(38-23)48-8)52-37-32(46)30(44)28(42)25(51-37)17-49-36-31(45)29(43)27(41)24(16-39)50-36/h9-10,12-13,15,21,24-25,27-33,36-37,39,41-46H,11,14,16-17H2,1-8H3,(H,38,40)/b12-10-,18-13+,19-15+,20-9-/t21-,24-,25-,27+,28-,29+,30+,31-,32-,33+,36+,37+/m1/s1. The fourth-order valence-corrected chi connectivity index (χ4v) is 6.10. The van der Waals surface area contributed by atoms with Gasteiger partial charge < -0.3 is 69.2 Å². The van der Waals surface area contributed by atoms with Gasteiger partial charge in [0.05, 0.1) is 33.5 Å². The molecule has 12 atom stereocenters. The van der Waals surface area contributed by atoms with Crippen molar-refractivity contribution in [2.75, 3.05) is 27.4 Å². The van der Waals surface area contributed by atoms with E-state index in [1.165, 1.54) is 14.2 Å². The quantitative estimate of drug-likeness (QED) is 0.0862. The van der Waals surface area contributed by atoms with Gasteiger partial charge in [0.25, 0.3) is 0 Å². The van der Waals surface area contributed by atoms with E-state index in [2.05, 4.69) is 4.98 Å². The van der Waals surface area contributed by atoms with E-state index in [1.54, 1.807) is 6.92 Å². The molecule has 0 spiro atoms. The first-order chi connectivity index (χ1) is 24.6. The minimum atomic E-state index is -1.67. The van der Waals surface area contributed by atoms with Gasteiger partial charge >= 0.3 is 0 Å². The van der Waals surface area contributed by atoms with E-state index in [0.717, 1.165) is 22.4 Å². The summed E-state index contributed by atoms with van der Waals surface area (Å²) in [5.74, 6) is 0.193. The molecule has 0 saturated carbocycles. The van der Waals surface area contributed by atoms with E-state index in [0.29, 0.717) is 18.4 Å². The summed E-state index contributed by atoms with van der Waals surface area (Å²) in [6.45, 7) is 10.2. The molecule has 294 valence electrons. The number of aliphatic hydroxyl groups excluding tert-OH is 7. The summed E-state index contributed by atoms with van der Waals surface area (Å²) in [6.07, 6.45) is -4.62. The van der Waals surface area contributed by atoms with Gasteiger partial charge in [-0.3, -0.25) is 4.79 Å². The van der Waals surface area contributed by atoms with Crippen molar-refractivity contribution in [3.8, 4) is 11.6 Å². The van der Waals surface area contributed by atoms with Crippen molar-refractivity contribution in [2.24, 2.45) is 5.92 Å². The Kier molecular flexibility index (Phi) is 16.7. The predicted octanol–water partition coefficient (Wildman–Crippen LogP) is 0.694. The van der Waals surface area contributed by atoms with Gasteiger partial charge in [-0.15, -0.1) is 0 Å². The Balaban J connectivity index is 1.66. The number of aliphatic hydroxyl groups is 7. The lowest BCUT2D eigenvalue weighted by molar-refractivity contribution is -0.335. The Morgan fingerprint density at radius 3 is 2.12 bits per heavy atom. The predicted molar refractivity (Wildman–Crippen MR) is 190 cm³/mol. The highest BCUT2D eigenvalue weighted by Crippen LogP contribution is 2.30. The van der Waals surface area contributed by atoms with Crippen molar-refractivity contribution in [1.29, 1.82) is 0 Å². The third-order valence-corrected chi connectivity index (χ3v) is 9.48. The number of rotatable bonds is 16. The summed E-state index contributed by atoms with van der Waals surface area (Å²) >= 11 is 0. The molecule has 0 unspecified atom stereocenters. The van der Waals surface area contributed by atoms with E-state index in [1.807, 2.05) is 65.0 Å². The largest absolute Gasteiger partial charge is 0.488 e. The Hall–Kier alpha value is -2.93. The molecule has 8 N–H and O–H groups in total. The van der Waals surface area contributed by atoms with Crippen molar-refractivity contribution in [1.82, 2.24) is 4.98 Å². The maximum Gasteiger partial charge on any atom is 0.238 e. The zero-order valence-corrected chi connectivity index (χ0v) is 31.1. The molecule has 0 aliphatic carbocycles. The molecular formula is C37H57NO14. The number of aromatic nitrogens is 1. The third-order valence-electron chi connectivity index (χ3n) is 9.48. The average molecular weight is 740 g/mol. The van der Waals surface area contributed by atoms with Gasteiger partial charge in [-0.05, 0) is 46.6 Å². The number of ether oxygens (including phenoxy) is 6. The summed E-state index contributed by atoms with van der Waals surface area (Å²) in [4.78, 5) is 15.8. The third kappa shape index (κ3) is 10.6. The van der Waals surface area contributed by atoms with Gasteiger partial charge in [-0.25, -0.2) is 0 Å². The second-order valence-corrected chi connectivity index (χ2v) is 13.4. The fourth-order valence-electron chi connectivity index (χ4n) is 6.10. The lowest BCUT2D eigenvalue weighted by Crippen LogP contribution is -2.62. The molecule has 2 aliphatic heterocycles. The Bertz CT molecular complexity index is 1490. The first-order valence-electron chi connectivity index (χ1n) is 17.3. The van der Waals surface area contributed by atoms with Crippen LogP contribution in [-0.2, 0) is 25.4 Å². The van der Waals surface area contributed by atoms with Gasteiger partial charge in [0.1, 0.15) is 48.8 Å². The molecule has 1 aromatic rings. The van der Waals surface area contributed by atoms with Gasteiger partial charge in [0, 0.05) is 23.6 Å². The van der Waals surface area contributed by atoms with Crippen LogP contribution in [0.1, 0.15) is 52.3 Å². The molecule has 0 radical (unpaired) electrons. The van der Waals surface area contributed by atoms with Gasteiger partial charge in [0.15, 0.2) is 12.6 Å². The monoisotopic (exact) mass is 739 g/mol. The number of methoxy groups -OCH3 is 2. The number of allylic oxidation sites excluding steroid dienone is 6. The van der Waals surface area contributed by atoms with Crippen LogP contribution in [0.5, 0.6) is 11.6 Å². The van der Waals surface area contributed by atoms with Gasteiger partial charge in [-0.1, -0.05) is 48.5 Å². The van der Waals surface area contributed by atoms with Crippen LogP contribution in [0.15, 0.2) is 51.9 Å². The number of aromatic amines is 1. The van der Waals surface area contributed by atoms with Crippen LogP contribution in [0.2, 0.25) is 0 Å². The minimum absolute atomic E-state index is 0.142. The molecule has 1 aromatic heterocycles. The molecule has 52 heavy (non-hydrogen) atoms. The van der Waals surface area contributed by atoms with Crippen molar-refractivity contribution < 1.29 is 64.2 Å². The maximum atomic E-state index is 12.6. The van der Waals surface area contributed by atoms with Crippen LogP contribution in [-0.4, -0.2) is 136 Å². The van der Waals surface area contributed by atoms with E-state index in [9.17, 15) is 40.5 Å². The number of hydrogen-bond acceptors (Lipinski definition) is 14. The minimum Gasteiger partial charge on any atom is -0.488 e. The van der Waals surface area contributed by atoms with Crippen LogP contribution in [0, 0.1) is 12.8 Å². The molecule has 15 nitrogen and oxygen atoms in total. The number of H-pyrrole nitrogens is 1. The molecule has 0 bridgehead atoms. The summed E-state index contributed by atoms with van der Waals surface area (Å²) in [6, 6.07) is 0. The number of pyridine rings is 1. The van der Waals surface area contributed by atoms with Crippen LogP contribution in [0.25, 0.3) is 0 Å². The second-order valence-electron chi connectivity index (χ2n) is 13.4. The second kappa shape index (κ2) is 19.9. The van der Waals surface area contributed by atoms with Crippen molar-refractivity contribution in [3.05, 3.63) is 68.6 Å². The van der Waals surface area contributed by atoms with Crippen LogP contribution in [0.3, 0.4) is 0 Å². The van der Waals surface area contributed by atoms with E-state index in [4.69, 9.17) is 28.4 Å². The smallest absolute Gasteiger partial charge is 0.238 e. The highest BCUT2D eigenvalue weighted by atomic mass is 16.7. The van der Waals surface area contributed by atoms with E-state index >= 15 is 0 Å². The first-order valence-corrected chi connectivity index (χ1v) is 17.3. The van der Waals surface area contributed by atoms with Gasteiger partial charge in [-0.2, -0.15) is 0 Å². The lowest BCUT2D eigenvalue weighted by Gasteiger charge is -2.43. The molecule has 2 aliphatic rings. The molecule has 15 heteroatoms. The number of hydrogen-bond donors (Lipinski definition) is 8. The summed E-state index contributed by atoms with van der Waals surface area (Å²) < 4.78 is 33.5. The van der Waals surface area contributed by atoms with Crippen LogP contribution < -0.4 is 14.9 Å². The van der Waals surface area contributed by atoms with Crippen molar-refractivity contribution >= 4 is 0 Å². The highest BCUT2D eigenvalue weighted by molar-refractivity contribution is 5.40. The van der Waals surface area contributed by atoms with Crippen LogP contribution >= 0.6 is 0 Å². The topological polar surface area (TPSA) is 230 Å². The maximum absolute atomic E-state index is 12.6. The summed E-state index contributed by atoms with van der Waals surface area (Å²) in [7, 11) is 2.89. The Morgan fingerprint density at radius 2 is 1.52 bits per heavy atom. The summed E-state index contributed by atoms with van der Waals surface area (Å²) in [5.41, 5.74) is 3.95. The van der Waals surface area contributed by atoms with Crippen molar-refractivity contribution in [2.45, 2.75) is 122 Å². The molecule has 2 saturated heterocycles. The Morgan fingerprint density at radius 1 is 0.904 bits per heavy atom. The lowest BCUT2D eigenvalue weighted by atomic mass is 9.94. The fraction of sp³-hybridized carbons (Fsp3) is 0.649. The zero-order chi connectivity index (χ0) is 38.9. The molecule has 3 heterocycles. The SMILES string of the molecule is C/C=C(/C)[C@H](O[C@@H]1O[C@H](CO[C@H]2O[C@H](CO)[C@H](O)[C@H](O)[C@H]2O)[C@@H](O)[C@H](O)[C@H]1O)[C@H](C)/C=C(C)/C=C\C/C(C)=C/Cc1[nH]c(OC)c(OC)c(=O)c1C. The zero-order valence-electron chi connectivity index (χ0n) is 31.1. The van der Waals surface area contributed by atoms with Crippen LogP contribution in [0.4, 0.5) is 0 Å². The first kappa shape index (κ1) is 43.5. The average Bonchev–Trinajstić information content (AvgIpc) is 3.12. The molecule has 3 rings (SSSR count). The van der Waals surface area contributed by atoms with E-state index in [-0.39, 0.29) is 23.0 Å². The number of nitrogens with one attached hydrogen (secondary N) is 1. The Labute approximate surface area is 304 Å². The van der Waals surface area contributed by atoms with Gasteiger partial charge in [0.2, 0.25) is 17.1 Å². The molecule has 0 amide bonds. The highest BCUT2D eigenvalue weighted by Gasteiger charge is 2.48. The molecule has 2 fully saturated rings. The normalized spacial score (nSPS) is 31.9.